The molecule has 8 heteroatoms. The summed E-state index contributed by atoms with van der Waals surface area (Å²) >= 11 is 0. The van der Waals surface area contributed by atoms with Crippen molar-refractivity contribution in [2.45, 2.75) is 53.2 Å². The van der Waals surface area contributed by atoms with Crippen molar-refractivity contribution in [2.75, 3.05) is 0 Å². The smallest absolute Gasteiger partial charge is 0.165 e. The topological polar surface area (TPSA) is 86.1 Å². The quantitative estimate of drug-likeness (QED) is 0.313. The summed E-state index contributed by atoms with van der Waals surface area (Å²) in [4.78, 5) is 0. The highest BCUT2D eigenvalue weighted by Crippen LogP contribution is 2.37. The van der Waals surface area contributed by atoms with Crippen LogP contribution in [0.3, 0.4) is 0 Å². The number of aliphatic hydroxyl groups is 1. The van der Waals surface area contributed by atoms with Gasteiger partial charge in [-0.05, 0) is 44.4 Å². The standard InChI is InChI=1S/C30H31N7O/c1-18(2)28-20(4)37(26-14-15-36-21(5)31-32-30(36)19(26)3)34-29(28)23-12-9-13-25-24(23)16-35(33-25)17-27(38)22-10-7-6-8-11-22/h6-16,18,27,38H,17H2,1-5H3/t27-/m0/s1. The van der Waals surface area contributed by atoms with Gasteiger partial charge in [-0.1, -0.05) is 56.3 Å². The number of hydrogen-bond acceptors (Lipinski definition) is 5. The lowest BCUT2D eigenvalue weighted by atomic mass is 9.95. The van der Waals surface area contributed by atoms with E-state index in [4.69, 9.17) is 10.2 Å². The highest BCUT2D eigenvalue weighted by Gasteiger charge is 2.23. The average Bonchev–Trinajstić information content (AvgIpc) is 3.59. The zero-order valence-corrected chi connectivity index (χ0v) is 22.3. The van der Waals surface area contributed by atoms with Gasteiger partial charge in [0.15, 0.2) is 5.65 Å². The third-order valence-corrected chi connectivity index (χ3v) is 7.33. The number of aromatic nitrogens is 7. The van der Waals surface area contributed by atoms with E-state index in [1.807, 2.05) is 75.5 Å². The van der Waals surface area contributed by atoms with Crippen LogP contribution >= 0.6 is 0 Å². The normalized spacial score (nSPS) is 12.7. The van der Waals surface area contributed by atoms with Crippen LogP contribution in [-0.2, 0) is 6.54 Å². The van der Waals surface area contributed by atoms with Crippen molar-refractivity contribution < 1.29 is 5.11 Å². The molecule has 1 N–H and O–H groups in total. The Bertz CT molecular complexity index is 1780. The fourth-order valence-corrected chi connectivity index (χ4v) is 5.41. The van der Waals surface area contributed by atoms with Crippen LogP contribution in [0.25, 0.3) is 33.5 Å². The third kappa shape index (κ3) is 3.88. The lowest BCUT2D eigenvalue weighted by molar-refractivity contribution is 0.152. The summed E-state index contributed by atoms with van der Waals surface area (Å²) in [5, 5.41) is 30.4. The minimum Gasteiger partial charge on any atom is -0.386 e. The number of benzene rings is 2. The minimum atomic E-state index is -0.639. The SMILES string of the molecule is Cc1c(-n2nc(-c3cccc4nn(C[C@H](O)c5ccccc5)cc34)c(C(C)C)c2C)ccn2c(C)nnc12. The van der Waals surface area contributed by atoms with E-state index in [9.17, 15) is 5.11 Å². The molecule has 0 aliphatic carbocycles. The van der Waals surface area contributed by atoms with Crippen LogP contribution in [0, 0.1) is 20.8 Å². The van der Waals surface area contributed by atoms with Crippen LogP contribution in [0.5, 0.6) is 0 Å². The van der Waals surface area contributed by atoms with Crippen molar-refractivity contribution >= 4 is 16.6 Å². The first-order chi connectivity index (χ1) is 18.3. The van der Waals surface area contributed by atoms with Crippen LogP contribution in [0.2, 0.25) is 0 Å². The van der Waals surface area contributed by atoms with Crippen molar-refractivity contribution in [2.24, 2.45) is 0 Å². The maximum Gasteiger partial charge on any atom is 0.165 e. The Hall–Kier alpha value is -4.30. The molecule has 6 aromatic rings. The van der Waals surface area contributed by atoms with Crippen LogP contribution in [-0.4, -0.2) is 39.3 Å². The molecule has 0 aliphatic heterocycles. The maximum atomic E-state index is 10.8. The lowest BCUT2D eigenvalue weighted by Gasteiger charge is -2.11. The molecule has 0 radical (unpaired) electrons. The summed E-state index contributed by atoms with van der Waals surface area (Å²) in [6.07, 6.45) is 3.39. The van der Waals surface area contributed by atoms with Gasteiger partial charge in [0.1, 0.15) is 5.82 Å². The molecule has 0 aliphatic rings. The van der Waals surface area contributed by atoms with E-state index in [0.29, 0.717) is 6.54 Å². The molecule has 0 saturated heterocycles. The summed E-state index contributed by atoms with van der Waals surface area (Å²) in [7, 11) is 0. The molecule has 38 heavy (non-hydrogen) atoms. The van der Waals surface area contributed by atoms with Gasteiger partial charge in [-0.3, -0.25) is 9.08 Å². The van der Waals surface area contributed by atoms with E-state index < -0.39 is 6.10 Å². The third-order valence-electron chi connectivity index (χ3n) is 7.33. The van der Waals surface area contributed by atoms with Gasteiger partial charge in [-0.15, -0.1) is 10.2 Å². The van der Waals surface area contributed by atoms with E-state index in [0.717, 1.165) is 56.1 Å². The second-order valence-corrected chi connectivity index (χ2v) is 10.2. The van der Waals surface area contributed by atoms with E-state index in [2.05, 4.69) is 50.0 Å². The Balaban J connectivity index is 1.47. The van der Waals surface area contributed by atoms with Crippen molar-refractivity contribution in [3.63, 3.8) is 0 Å². The van der Waals surface area contributed by atoms with Gasteiger partial charge in [0.05, 0.1) is 29.5 Å². The summed E-state index contributed by atoms with van der Waals surface area (Å²) in [5.74, 6) is 1.12. The van der Waals surface area contributed by atoms with Gasteiger partial charge in [-0.2, -0.15) is 10.2 Å². The Labute approximate surface area is 221 Å². The molecule has 8 nitrogen and oxygen atoms in total. The number of aliphatic hydroxyl groups excluding tert-OH is 1. The lowest BCUT2D eigenvalue weighted by Crippen LogP contribution is -2.08. The summed E-state index contributed by atoms with van der Waals surface area (Å²) in [5.41, 5.74) is 8.89. The van der Waals surface area contributed by atoms with Crippen molar-refractivity contribution in [1.29, 1.82) is 0 Å². The highest BCUT2D eigenvalue weighted by atomic mass is 16.3. The molecular formula is C30H31N7O. The fraction of sp³-hybridized carbons (Fsp3) is 0.267. The molecule has 2 aromatic carbocycles. The molecular weight excluding hydrogens is 474 g/mol. The monoisotopic (exact) mass is 505 g/mol. The van der Waals surface area contributed by atoms with E-state index in [1.165, 1.54) is 5.56 Å². The molecule has 4 heterocycles. The van der Waals surface area contributed by atoms with Crippen LogP contribution < -0.4 is 0 Å². The first kappa shape index (κ1) is 24.1. The summed E-state index contributed by atoms with van der Waals surface area (Å²) < 4.78 is 5.86. The van der Waals surface area contributed by atoms with Crippen LogP contribution in [0.15, 0.2) is 67.0 Å². The Morgan fingerprint density at radius 2 is 1.68 bits per heavy atom. The Morgan fingerprint density at radius 3 is 2.45 bits per heavy atom. The molecule has 0 unspecified atom stereocenters. The first-order valence-corrected chi connectivity index (χ1v) is 12.9. The predicted molar refractivity (Wildman–Crippen MR) is 149 cm³/mol. The Kier molecular flexibility index (Phi) is 5.84. The zero-order chi connectivity index (χ0) is 26.6. The Morgan fingerprint density at radius 1 is 0.895 bits per heavy atom. The molecule has 0 amide bonds. The van der Waals surface area contributed by atoms with Gasteiger partial charge in [0.25, 0.3) is 0 Å². The molecule has 0 saturated carbocycles. The molecule has 6 rings (SSSR count). The van der Waals surface area contributed by atoms with Gasteiger partial charge < -0.3 is 5.11 Å². The predicted octanol–water partition coefficient (Wildman–Crippen LogP) is 5.71. The number of rotatable bonds is 6. The fourth-order valence-electron chi connectivity index (χ4n) is 5.41. The number of pyridine rings is 1. The van der Waals surface area contributed by atoms with Gasteiger partial charge in [0.2, 0.25) is 0 Å². The zero-order valence-electron chi connectivity index (χ0n) is 22.3. The molecule has 192 valence electrons. The molecule has 1 atom stereocenters. The number of nitrogens with zero attached hydrogens (tertiary/aromatic N) is 7. The minimum absolute atomic E-state index is 0.267. The second kappa shape index (κ2) is 9.22. The van der Waals surface area contributed by atoms with Crippen molar-refractivity contribution in [3.05, 3.63) is 95.2 Å². The number of hydrogen-bond donors (Lipinski definition) is 1. The van der Waals surface area contributed by atoms with Crippen molar-refractivity contribution in [1.82, 2.24) is 34.2 Å². The molecule has 0 fully saturated rings. The average molecular weight is 506 g/mol. The maximum absolute atomic E-state index is 10.8. The molecule has 0 spiro atoms. The van der Waals surface area contributed by atoms with E-state index in [-0.39, 0.29) is 5.92 Å². The summed E-state index contributed by atoms with van der Waals surface area (Å²) in [6, 6.07) is 17.9. The largest absolute Gasteiger partial charge is 0.386 e. The highest BCUT2D eigenvalue weighted by molar-refractivity contribution is 5.94. The van der Waals surface area contributed by atoms with Crippen LogP contribution in [0.1, 0.15) is 54.1 Å². The van der Waals surface area contributed by atoms with Gasteiger partial charge in [-0.25, -0.2) is 4.68 Å². The number of fused-ring (bicyclic) bond motifs is 2. The first-order valence-electron chi connectivity index (χ1n) is 12.9. The number of aryl methyl sites for hydroxylation is 2. The van der Waals surface area contributed by atoms with Crippen molar-refractivity contribution in [3.8, 4) is 16.9 Å². The molecule has 4 aromatic heterocycles. The van der Waals surface area contributed by atoms with Gasteiger partial charge in [0, 0.05) is 40.2 Å². The van der Waals surface area contributed by atoms with E-state index >= 15 is 0 Å². The van der Waals surface area contributed by atoms with E-state index in [1.54, 1.807) is 0 Å². The second-order valence-electron chi connectivity index (χ2n) is 10.2. The van der Waals surface area contributed by atoms with Gasteiger partial charge >= 0.3 is 0 Å². The van der Waals surface area contributed by atoms with Crippen LogP contribution in [0.4, 0.5) is 0 Å². The molecule has 0 bridgehead atoms. The summed E-state index contributed by atoms with van der Waals surface area (Å²) in [6.45, 7) is 10.9.